The van der Waals surface area contributed by atoms with Crippen molar-refractivity contribution in [1.82, 2.24) is 10.2 Å². The van der Waals surface area contributed by atoms with Crippen molar-refractivity contribution < 1.29 is 28.9 Å². The molecule has 9 heteroatoms. The van der Waals surface area contributed by atoms with Crippen LogP contribution in [0.25, 0.3) is 0 Å². The van der Waals surface area contributed by atoms with Gasteiger partial charge in [0.1, 0.15) is 23.6 Å². The third-order valence-electron chi connectivity index (χ3n) is 4.05. The van der Waals surface area contributed by atoms with Crippen molar-refractivity contribution in [2.75, 3.05) is 19.8 Å². The van der Waals surface area contributed by atoms with Gasteiger partial charge in [0, 0.05) is 13.1 Å². The van der Waals surface area contributed by atoms with E-state index in [-0.39, 0.29) is 19.2 Å². The molecule has 0 spiro atoms. The van der Waals surface area contributed by atoms with E-state index in [1.807, 2.05) is 18.2 Å². The molecule has 172 valence electrons. The number of benzene rings is 1. The first-order chi connectivity index (χ1) is 14.4. The number of carbonyl (C=O) groups excluding carboxylic acids is 2. The van der Waals surface area contributed by atoms with Crippen molar-refractivity contribution in [2.45, 2.75) is 65.7 Å². The van der Waals surface area contributed by atoms with Gasteiger partial charge in [0.25, 0.3) is 0 Å². The minimum Gasteiger partial charge on any atom is -0.491 e. The highest BCUT2D eigenvalue weighted by atomic mass is 16.6. The van der Waals surface area contributed by atoms with Gasteiger partial charge < -0.3 is 24.2 Å². The summed E-state index contributed by atoms with van der Waals surface area (Å²) >= 11 is 0. The minimum absolute atomic E-state index is 0.0656. The van der Waals surface area contributed by atoms with Gasteiger partial charge in [0.15, 0.2) is 0 Å². The lowest BCUT2D eigenvalue weighted by Gasteiger charge is -2.32. The third-order valence-corrected chi connectivity index (χ3v) is 4.05. The molecule has 2 N–H and O–H groups in total. The number of ether oxygens (including phenoxy) is 3. The van der Waals surface area contributed by atoms with Crippen LogP contribution in [0.15, 0.2) is 23.2 Å². The van der Waals surface area contributed by atoms with Gasteiger partial charge in [-0.25, -0.2) is 9.59 Å². The average Bonchev–Trinajstić information content (AvgIpc) is 2.62. The van der Waals surface area contributed by atoms with Crippen LogP contribution in [-0.4, -0.2) is 59.1 Å². The van der Waals surface area contributed by atoms with E-state index in [4.69, 9.17) is 19.3 Å². The van der Waals surface area contributed by atoms with Crippen molar-refractivity contribution in [3.63, 3.8) is 0 Å². The highest BCUT2D eigenvalue weighted by Gasteiger charge is 2.26. The van der Waals surface area contributed by atoms with Crippen LogP contribution in [0.4, 0.5) is 9.59 Å². The molecule has 0 bridgehead atoms. The van der Waals surface area contributed by atoms with Crippen molar-refractivity contribution in [3.8, 4) is 5.75 Å². The number of fused-ring (bicyclic) bond motifs is 1. The number of aliphatic imine (C=N–C) groups is 1. The number of alkyl carbamates (subject to hydrolysis) is 1. The zero-order chi connectivity index (χ0) is 23.2. The van der Waals surface area contributed by atoms with Crippen LogP contribution in [-0.2, 0) is 22.4 Å². The molecule has 2 rings (SSSR count). The molecule has 0 fully saturated rings. The molecule has 1 aliphatic heterocycles. The molecule has 1 aliphatic rings. The van der Waals surface area contributed by atoms with Crippen molar-refractivity contribution in [2.24, 2.45) is 4.99 Å². The summed E-state index contributed by atoms with van der Waals surface area (Å²) in [5.41, 5.74) is 0.700. The first kappa shape index (κ1) is 24.5. The molecule has 0 atom stereocenters. The Morgan fingerprint density at radius 2 is 1.77 bits per heavy atom. The smallest absolute Gasteiger partial charge is 0.437 e. The van der Waals surface area contributed by atoms with Gasteiger partial charge >= 0.3 is 12.2 Å². The lowest BCUT2D eigenvalue weighted by molar-refractivity contribution is 0.0553. The Morgan fingerprint density at radius 1 is 1.10 bits per heavy atom. The third kappa shape index (κ3) is 8.45. The number of hydrogen-bond donors (Lipinski definition) is 2. The molecule has 31 heavy (non-hydrogen) atoms. The quantitative estimate of drug-likeness (QED) is 0.554. The Kier molecular flexibility index (Phi) is 7.89. The Bertz CT molecular complexity index is 824. The van der Waals surface area contributed by atoms with E-state index in [0.717, 1.165) is 11.1 Å². The number of carbonyl (C=O) groups is 2. The normalized spacial score (nSPS) is 14.5. The maximum absolute atomic E-state index is 12.4. The topological polar surface area (TPSA) is 110 Å². The second kappa shape index (κ2) is 10.00. The van der Waals surface area contributed by atoms with Gasteiger partial charge in [-0.05, 0) is 71.2 Å². The van der Waals surface area contributed by atoms with E-state index in [2.05, 4.69) is 10.3 Å². The summed E-state index contributed by atoms with van der Waals surface area (Å²) in [6.07, 6.45) is -0.816. The molecular formula is C22H33N3O6. The van der Waals surface area contributed by atoms with Crippen LogP contribution < -0.4 is 10.1 Å². The van der Waals surface area contributed by atoms with Gasteiger partial charge in [-0.2, -0.15) is 0 Å². The zero-order valence-electron chi connectivity index (χ0n) is 19.2. The number of guanidine groups is 1. The summed E-state index contributed by atoms with van der Waals surface area (Å²) in [5.74, 6) is 0.705. The SMILES string of the molecule is CC(C)(C)OC(=O)/N=C(/NC(=O)OC(C)(C)C)N1CCc2ccc(OCCO)cc2C1. The maximum Gasteiger partial charge on any atom is 0.437 e. The highest BCUT2D eigenvalue weighted by Crippen LogP contribution is 2.24. The number of rotatable bonds is 3. The Hall–Kier alpha value is -2.81. The van der Waals surface area contributed by atoms with Crippen molar-refractivity contribution in [3.05, 3.63) is 29.3 Å². The number of hydrogen-bond acceptors (Lipinski definition) is 6. The molecule has 0 radical (unpaired) electrons. The molecule has 0 unspecified atom stereocenters. The second-order valence-corrected chi connectivity index (χ2v) is 9.22. The van der Waals surface area contributed by atoms with Crippen molar-refractivity contribution in [1.29, 1.82) is 0 Å². The first-order valence-corrected chi connectivity index (χ1v) is 10.3. The maximum atomic E-state index is 12.4. The van der Waals surface area contributed by atoms with Gasteiger partial charge in [0.05, 0.1) is 6.61 Å². The monoisotopic (exact) mass is 435 g/mol. The first-order valence-electron chi connectivity index (χ1n) is 10.3. The predicted molar refractivity (Wildman–Crippen MR) is 116 cm³/mol. The Balaban J connectivity index is 2.25. The van der Waals surface area contributed by atoms with Crippen LogP contribution in [0.3, 0.4) is 0 Å². The van der Waals surface area contributed by atoms with Gasteiger partial charge in [-0.1, -0.05) is 6.07 Å². The summed E-state index contributed by atoms with van der Waals surface area (Å²) in [4.78, 5) is 30.5. The zero-order valence-corrected chi connectivity index (χ0v) is 19.2. The van der Waals surface area contributed by atoms with Gasteiger partial charge in [-0.3, -0.25) is 5.32 Å². The van der Waals surface area contributed by atoms with Crippen LogP contribution >= 0.6 is 0 Å². The number of aliphatic hydroxyl groups excluding tert-OH is 1. The fourth-order valence-corrected chi connectivity index (χ4v) is 2.91. The lowest BCUT2D eigenvalue weighted by Crippen LogP contribution is -2.48. The molecule has 1 aromatic rings. The largest absolute Gasteiger partial charge is 0.491 e. The number of amides is 2. The van der Waals surface area contributed by atoms with E-state index < -0.39 is 23.4 Å². The highest BCUT2D eigenvalue weighted by molar-refractivity contribution is 5.99. The fourth-order valence-electron chi connectivity index (χ4n) is 2.91. The lowest BCUT2D eigenvalue weighted by atomic mass is 10.00. The second-order valence-electron chi connectivity index (χ2n) is 9.22. The predicted octanol–water partition coefficient (Wildman–Crippen LogP) is 3.23. The summed E-state index contributed by atoms with van der Waals surface area (Å²) in [6.45, 7) is 11.6. The molecule has 0 saturated heterocycles. The van der Waals surface area contributed by atoms with Gasteiger partial charge in [-0.15, -0.1) is 4.99 Å². The van der Waals surface area contributed by atoms with Crippen LogP contribution in [0.5, 0.6) is 5.75 Å². The molecule has 0 aromatic heterocycles. The number of aliphatic hydroxyl groups is 1. The minimum atomic E-state index is -0.801. The van der Waals surface area contributed by atoms with Crippen molar-refractivity contribution >= 4 is 18.1 Å². The average molecular weight is 436 g/mol. The molecular weight excluding hydrogens is 402 g/mol. The van der Waals surface area contributed by atoms with Crippen LogP contribution in [0.2, 0.25) is 0 Å². The standard InChI is InChI=1S/C22H33N3O6/c1-21(2,3)30-19(27)23-18(24-20(28)31-22(4,5)6)25-10-9-15-7-8-17(29-12-11-26)13-16(15)14-25/h7-8,13,26H,9-12,14H2,1-6H3,(H,23,24,27,28). The van der Waals surface area contributed by atoms with Crippen LogP contribution in [0.1, 0.15) is 52.7 Å². The number of nitrogens with one attached hydrogen (secondary N) is 1. The molecule has 0 saturated carbocycles. The Morgan fingerprint density at radius 3 is 2.39 bits per heavy atom. The van der Waals surface area contributed by atoms with E-state index in [1.54, 1.807) is 46.4 Å². The summed E-state index contributed by atoms with van der Waals surface area (Å²) in [5, 5.41) is 11.6. The molecule has 1 heterocycles. The van der Waals surface area contributed by atoms with E-state index in [0.29, 0.717) is 25.3 Å². The molecule has 1 aromatic carbocycles. The van der Waals surface area contributed by atoms with Crippen LogP contribution in [0, 0.1) is 0 Å². The number of nitrogens with zero attached hydrogens (tertiary/aromatic N) is 2. The Labute approximate surface area is 183 Å². The molecule has 9 nitrogen and oxygen atoms in total. The molecule has 0 aliphatic carbocycles. The summed E-state index contributed by atoms with van der Waals surface area (Å²) in [6, 6.07) is 5.72. The van der Waals surface area contributed by atoms with E-state index in [9.17, 15) is 9.59 Å². The van der Waals surface area contributed by atoms with E-state index in [1.165, 1.54) is 0 Å². The van der Waals surface area contributed by atoms with E-state index >= 15 is 0 Å². The summed E-state index contributed by atoms with van der Waals surface area (Å²) in [7, 11) is 0. The van der Waals surface area contributed by atoms with Gasteiger partial charge in [0.2, 0.25) is 5.96 Å². The molecule has 2 amide bonds. The fraction of sp³-hybridized carbons (Fsp3) is 0.591. The summed E-state index contributed by atoms with van der Waals surface area (Å²) < 4.78 is 16.1.